The second-order valence-electron chi connectivity index (χ2n) is 5.32. The van der Waals surface area contributed by atoms with Gasteiger partial charge in [-0.25, -0.2) is 4.39 Å². The molecule has 0 saturated heterocycles. The van der Waals surface area contributed by atoms with Gasteiger partial charge < -0.3 is 5.32 Å². The van der Waals surface area contributed by atoms with Crippen molar-refractivity contribution in [3.63, 3.8) is 0 Å². The first-order valence-electron chi connectivity index (χ1n) is 6.23. The van der Waals surface area contributed by atoms with Crippen LogP contribution in [0.15, 0.2) is 22.7 Å². The zero-order valence-corrected chi connectivity index (χ0v) is 11.9. The van der Waals surface area contributed by atoms with E-state index in [1.807, 2.05) is 6.07 Å². The highest BCUT2D eigenvalue weighted by Gasteiger charge is 2.38. The molecule has 0 bridgehead atoms. The van der Waals surface area contributed by atoms with E-state index in [0.29, 0.717) is 11.8 Å². The Labute approximate surface area is 111 Å². The lowest BCUT2D eigenvalue weighted by Gasteiger charge is -2.07. The van der Waals surface area contributed by atoms with Crippen LogP contribution in [0, 0.1) is 17.7 Å². The van der Waals surface area contributed by atoms with Crippen LogP contribution in [0.5, 0.6) is 0 Å². The van der Waals surface area contributed by atoms with E-state index in [4.69, 9.17) is 0 Å². The van der Waals surface area contributed by atoms with Gasteiger partial charge in [-0.15, -0.1) is 0 Å². The molecule has 0 amide bonds. The highest BCUT2D eigenvalue weighted by molar-refractivity contribution is 9.10. The van der Waals surface area contributed by atoms with E-state index in [2.05, 4.69) is 35.1 Å². The van der Waals surface area contributed by atoms with Crippen LogP contribution in [0.4, 0.5) is 4.39 Å². The van der Waals surface area contributed by atoms with Crippen LogP contribution in [0.1, 0.15) is 31.7 Å². The van der Waals surface area contributed by atoms with Crippen LogP contribution >= 0.6 is 15.9 Å². The van der Waals surface area contributed by atoms with Gasteiger partial charge in [0.05, 0.1) is 0 Å². The molecule has 1 aromatic carbocycles. The van der Waals surface area contributed by atoms with Gasteiger partial charge in [0.2, 0.25) is 0 Å². The Morgan fingerprint density at radius 2 is 2.24 bits per heavy atom. The zero-order chi connectivity index (χ0) is 12.4. The quantitative estimate of drug-likeness (QED) is 0.868. The fourth-order valence-electron chi connectivity index (χ4n) is 2.21. The summed E-state index contributed by atoms with van der Waals surface area (Å²) in [6.45, 7) is 6.59. The molecule has 1 fully saturated rings. The molecular weight excluding hydrogens is 281 g/mol. The standard InChI is InChI=1S/C14H19BrFN/c1-9(2)7-17-8-10-5-13(10)12-4-3-11(16)6-14(12)15/h3-4,6,9-10,13,17H,5,7-8H2,1-2H3. The predicted octanol–water partition coefficient (Wildman–Crippen LogP) is 3.94. The lowest BCUT2D eigenvalue weighted by molar-refractivity contribution is 0.532. The van der Waals surface area contributed by atoms with Gasteiger partial charge in [-0.1, -0.05) is 35.8 Å². The van der Waals surface area contributed by atoms with Crippen molar-refractivity contribution in [2.75, 3.05) is 13.1 Å². The molecule has 2 atom stereocenters. The fraction of sp³-hybridized carbons (Fsp3) is 0.571. The van der Waals surface area contributed by atoms with Crippen LogP contribution in [0.25, 0.3) is 0 Å². The van der Waals surface area contributed by atoms with Crippen LogP contribution in [0.2, 0.25) is 0 Å². The van der Waals surface area contributed by atoms with Gasteiger partial charge in [-0.3, -0.25) is 0 Å². The molecule has 1 aliphatic carbocycles. The first-order chi connectivity index (χ1) is 8.08. The van der Waals surface area contributed by atoms with Gasteiger partial charge >= 0.3 is 0 Å². The van der Waals surface area contributed by atoms with Gasteiger partial charge in [-0.05, 0) is 55.0 Å². The molecule has 1 aliphatic rings. The second kappa shape index (κ2) is 5.49. The Kier molecular flexibility index (Phi) is 4.21. The molecule has 3 heteroatoms. The molecule has 0 spiro atoms. The Morgan fingerprint density at radius 1 is 1.47 bits per heavy atom. The summed E-state index contributed by atoms with van der Waals surface area (Å²) in [5.74, 6) is 1.85. The Morgan fingerprint density at radius 3 is 2.88 bits per heavy atom. The molecule has 1 aromatic rings. The highest BCUT2D eigenvalue weighted by atomic mass is 79.9. The maximum atomic E-state index is 13.0. The molecule has 0 radical (unpaired) electrons. The molecule has 17 heavy (non-hydrogen) atoms. The Hall–Kier alpha value is -0.410. The van der Waals surface area contributed by atoms with Crippen molar-refractivity contribution in [3.8, 4) is 0 Å². The lowest BCUT2D eigenvalue weighted by Crippen LogP contribution is -2.22. The van der Waals surface area contributed by atoms with Crippen LogP contribution in [-0.4, -0.2) is 13.1 Å². The zero-order valence-electron chi connectivity index (χ0n) is 10.3. The summed E-state index contributed by atoms with van der Waals surface area (Å²) in [6, 6.07) is 5.02. The third-order valence-electron chi connectivity index (χ3n) is 3.24. The van der Waals surface area contributed by atoms with Crippen LogP contribution in [0.3, 0.4) is 0 Å². The maximum absolute atomic E-state index is 13.0. The molecule has 0 aromatic heterocycles. The van der Waals surface area contributed by atoms with Gasteiger partial charge in [0.15, 0.2) is 0 Å². The Bertz CT molecular complexity index is 392. The average Bonchev–Trinajstić information content (AvgIpc) is 2.96. The minimum absolute atomic E-state index is 0.171. The lowest BCUT2D eigenvalue weighted by atomic mass is 10.1. The molecule has 0 aliphatic heterocycles. The SMILES string of the molecule is CC(C)CNCC1CC1c1ccc(F)cc1Br. The topological polar surface area (TPSA) is 12.0 Å². The van der Waals surface area contributed by atoms with Crippen molar-refractivity contribution in [1.29, 1.82) is 0 Å². The van der Waals surface area contributed by atoms with Gasteiger partial charge in [-0.2, -0.15) is 0 Å². The van der Waals surface area contributed by atoms with Crippen molar-refractivity contribution in [2.24, 2.45) is 11.8 Å². The third kappa shape index (κ3) is 3.52. The van der Waals surface area contributed by atoms with Crippen molar-refractivity contribution < 1.29 is 4.39 Å². The number of rotatable bonds is 5. The highest BCUT2D eigenvalue weighted by Crippen LogP contribution is 2.49. The van der Waals surface area contributed by atoms with E-state index in [0.717, 1.165) is 23.5 Å². The summed E-state index contributed by atoms with van der Waals surface area (Å²) in [6.07, 6.45) is 1.22. The summed E-state index contributed by atoms with van der Waals surface area (Å²) >= 11 is 3.45. The van der Waals surface area contributed by atoms with Crippen molar-refractivity contribution in [2.45, 2.75) is 26.2 Å². The van der Waals surface area contributed by atoms with Crippen LogP contribution < -0.4 is 5.32 Å². The van der Waals surface area contributed by atoms with E-state index < -0.39 is 0 Å². The molecule has 94 valence electrons. The van der Waals surface area contributed by atoms with E-state index in [1.54, 1.807) is 12.1 Å². The van der Waals surface area contributed by atoms with Crippen LogP contribution in [-0.2, 0) is 0 Å². The van der Waals surface area contributed by atoms with Gasteiger partial charge in [0.1, 0.15) is 5.82 Å². The molecule has 1 saturated carbocycles. The molecular formula is C14H19BrFN. The van der Waals surface area contributed by atoms with E-state index in [-0.39, 0.29) is 5.82 Å². The second-order valence-corrected chi connectivity index (χ2v) is 6.17. The number of halogens is 2. The number of hydrogen-bond donors (Lipinski definition) is 1. The van der Waals surface area contributed by atoms with E-state index in [9.17, 15) is 4.39 Å². The number of benzene rings is 1. The summed E-state index contributed by atoms with van der Waals surface area (Å²) in [7, 11) is 0. The van der Waals surface area contributed by atoms with Crippen molar-refractivity contribution in [3.05, 3.63) is 34.1 Å². The van der Waals surface area contributed by atoms with Crippen molar-refractivity contribution >= 4 is 15.9 Å². The molecule has 0 heterocycles. The normalized spacial score (nSPS) is 23.1. The monoisotopic (exact) mass is 299 g/mol. The largest absolute Gasteiger partial charge is 0.316 e. The Balaban J connectivity index is 1.85. The summed E-state index contributed by atoms with van der Waals surface area (Å²) in [5, 5.41) is 3.49. The van der Waals surface area contributed by atoms with E-state index in [1.165, 1.54) is 12.0 Å². The third-order valence-corrected chi connectivity index (χ3v) is 3.93. The molecule has 1 N–H and O–H groups in total. The number of hydrogen-bond acceptors (Lipinski definition) is 1. The fourth-order valence-corrected chi connectivity index (χ4v) is 2.86. The number of nitrogens with one attached hydrogen (secondary N) is 1. The minimum atomic E-state index is -0.171. The smallest absolute Gasteiger partial charge is 0.124 e. The first kappa shape index (κ1) is 13.0. The first-order valence-corrected chi connectivity index (χ1v) is 7.03. The summed E-state index contributed by atoms with van der Waals surface area (Å²) in [4.78, 5) is 0. The minimum Gasteiger partial charge on any atom is -0.316 e. The van der Waals surface area contributed by atoms with Gasteiger partial charge in [0, 0.05) is 4.47 Å². The van der Waals surface area contributed by atoms with Crippen molar-refractivity contribution in [1.82, 2.24) is 5.32 Å². The maximum Gasteiger partial charge on any atom is 0.124 e. The molecule has 2 rings (SSSR count). The molecule has 2 unspecified atom stereocenters. The average molecular weight is 300 g/mol. The predicted molar refractivity (Wildman–Crippen MR) is 72.7 cm³/mol. The van der Waals surface area contributed by atoms with Gasteiger partial charge in [0.25, 0.3) is 0 Å². The van der Waals surface area contributed by atoms with E-state index >= 15 is 0 Å². The summed E-state index contributed by atoms with van der Waals surface area (Å²) in [5.41, 5.74) is 1.25. The summed E-state index contributed by atoms with van der Waals surface area (Å²) < 4.78 is 13.9. The molecule has 1 nitrogen and oxygen atoms in total.